The van der Waals surface area contributed by atoms with Crippen LogP contribution < -0.4 is 4.90 Å². The minimum atomic E-state index is -0.252. The van der Waals surface area contributed by atoms with Crippen LogP contribution in [-0.2, 0) is 4.79 Å². The largest absolute Gasteiger partial charge is 0.332 e. The summed E-state index contributed by atoms with van der Waals surface area (Å²) in [7, 11) is 0. The van der Waals surface area contributed by atoms with Crippen LogP contribution in [0.3, 0.4) is 0 Å². The maximum Gasteiger partial charge on any atom is 0.332 e. The molecule has 0 spiro atoms. The van der Waals surface area contributed by atoms with Gasteiger partial charge in [-0.25, -0.2) is 9.69 Å². The van der Waals surface area contributed by atoms with Crippen LogP contribution in [0.5, 0.6) is 0 Å². The van der Waals surface area contributed by atoms with Gasteiger partial charge in [-0.3, -0.25) is 4.79 Å². The van der Waals surface area contributed by atoms with E-state index in [9.17, 15) is 9.59 Å². The van der Waals surface area contributed by atoms with Crippen LogP contribution in [0.2, 0.25) is 0 Å². The number of benzene rings is 1. The lowest BCUT2D eigenvalue weighted by atomic mass is 10.0. The van der Waals surface area contributed by atoms with Crippen molar-refractivity contribution in [1.82, 2.24) is 4.90 Å². The molecule has 3 amide bonds. The summed E-state index contributed by atoms with van der Waals surface area (Å²) in [6.45, 7) is 0.691. The normalized spacial score (nSPS) is 23.5. The summed E-state index contributed by atoms with van der Waals surface area (Å²) in [6.07, 6.45) is 2.79. The van der Waals surface area contributed by atoms with Crippen LogP contribution in [0.4, 0.5) is 10.5 Å². The first kappa shape index (κ1) is 11.7. The predicted octanol–water partition coefficient (Wildman–Crippen LogP) is 2.77. The highest BCUT2D eigenvalue weighted by molar-refractivity contribution is 9.10. The molecule has 0 bridgehead atoms. The molecule has 0 N–H and O–H groups in total. The fourth-order valence-electron chi connectivity index (χ4n) is 2.64. The Morgan fingerprint density at radius 3 is 2.67 bits per heavy atom. The predicted molar refractivity (Wildman–Crippen MR) is 71.4 cm³/mol. The number of nitrogens with zero attached hydrogens (tertiary/aromatic N) is 2. The van der Waals surface area contributed by atoms with Crippen molar-refractivity contribution in [2.24, 2.45) is 0 Å². The number of piperidine rings is 1. The number of fused-ring (bicyclic) bond motifs is 1. The van der Waals surface area contributed by atoms with Crippen molar-refractivity contribution in [1.29, 1.82) is 0 Å². The maximum atomic E-state index is 12.3. The number of carbonyl (C=O) groups is 2. The Balaban J connectivity index is 2.00. The molecule has 5 heteroatoms. The molecule has 1 atom stereocenters. The molecule has 2 fully saturated rings. The Bertz CT molecular complexity index is 493. The number of rotatable bonds is 1. The standard InChI is InChI=1S/C13H13BrN2O2/c14-9-5-1-2-6-10(9)16-12(17)11-7-3-4-8-15(11)13(16)18/h1-2,5-6,11H,3-4,7-8H2. The zero-order valence-electron chi connectivity index (χ0n) is 9.80. The van der Waals surface area contributed by atoms with Gasteiger partial charge in [0.05, 0.1) is 5.69 Å². The molecule has 0 radical (unpaired) electrons. The van der Waals surface area contributed by atoms with E-state index in [2.05, 4.69) is 15.9 Å². The fourth-order valence-corrected chi connectivity index (χ4v) is 3.11. The van der Waals surface area contributed by atoms with Crippen LogP contribution in [0, 0.1) is 0 Å². The van der Waals surface area contributed by atoms with E-state index in [-0.39, 0.29) is 18.0 Å². The molecule has 2 aliphatic heterocycles. The molecule has 2 heterocycles. The molecule has 4 nitrogen and oxygen atoms in total. The van der Waals surface area contributed by atoms with E-state index in [1.54, 1.807) is 11.0 Å². The Kier molecular flexibility index (Phi) is 2.86. The zero-order valence-corrected chi connectivity index (χ0v) is 11.4. The van der Waals surface area contributed by atoms with Gasteiger partial charge >= 0.3 is 6.03 Å². The lowest BCUT2D eigenvalue weighted by Crippen LogP contribution is -2.39. The first-order chi connectivity index (χ1) is 8.70. The molecule has 18 heavy (non-hydrogen) atoms. The van der Waals surface area contributed by atoms with Crippen LogP contribution >= 0.6 is 15.9 Å². The molecule has 2 saturated heterocycles. The van der Waals surface area contributed by atoms with E-state index in [1.165, 1.54) is 4.90 Å². The zero-order chi connectivity index (χ0) is 12.7. The van der Waals surface area contributed by atoms with E-state index in [0.717, 1.165) is 23.7 Å². The van der Waals surface area contributed by atoms with Gasteiger partial charge in [-0.05, 0) is 47.3 Å². The van der Waals surface area contributed by atoms with Gasteiger partial charge in [-0.15, -0.1) is 0 Å². The van der Waals surface area contributed by atoms with Gasteiger partial charge in [-0.2, -0.15) is 0 Å². The van der Waals surface area contributed by atoms with Gasteiger partial charge in [0.2, 0.25) is 0 Å². The molecule has 1 aromatic carbocycles. The van der Waals surface area contributed by atoms with E-state index in [0.29, 0.717) is 12.2 Å². The average molecular weight is 309 g/mol. The molecule has 2 aliphatic rings. The van der Waals surface area contributed by atoms with Gasteiger partial charge < -0.3 is 4.90 Å². The Hall–Kier alpha value is -1.36. The van der Waals surface area contributed by atoms with E-state index in [1.807, 2.05) is 18.2 Å². The van der Waals surface area contributed by atoms with Crippen molar-refractivity contribution in [2.45, 2.75) is 25.3 Å². The van der Waals surface area contributed by atoms with Crippen LogP contribution in [0.15, 0.2) is 28.7 Å². The molecule has 94 valence electrons. The van der Waals surface area contributed by atoms with Gasteiger partial charge in [0.15, 0.2) is 0 Å². The molecule has 0 saturated carbocycles. The second-order valence-electron chi connectivity index (χ2n) is 4.61. The first-order valence-corrected chi connectivity index (χ1v) is 6.88. The highest BCUT2D eigenvalue weighted by Gasteiger charge is 2.46. The minimum Gasteiger partial charge on any atom is -0.312 e. The SMILES string of the molecule is O=C1C2CCCCN2C(=O)N1c1ccccc1Br. The third-order valence-corrected chi connectivity index (χ3v) is 4.21. The second kappa shape index (κ2) is 4.39. The van der Waals surface area contributed by atoms with Crippen LogP contribution in [0.1, 0.15) is 19.3 Å². The van der Waals surface area contributed by atoms with Gasteiger partial charge in [0.1, 0.15) is 6.04 Å². The summed E-state index contributed by atoms with van der Waals surface area (Å²) < 4.78 is 0.770. The Labute approximate surface area is 114 Å². The van der Waals surface area contributed by atoms with Gasteiger partial charge in [0, 0.05) is 11.0 Å². The summed E-state index contributed by atoms with van der Waals surface area (Å²) in [4.78, 5) is 27.7. The molecule has 3 rings (SSSR count). The number of para-hydroxylation sites is 1. The van der Waals surface area contributed by atoms with E-state index >= 15 is 0 Å². The molecular formula is C13H13BrN2O2. The van der Waals surface area contributed by atoms with E-state index < -0.39 is 0 Å². The topological polar surface area (TPSA) is 40.6 Å². The Morgan fingerprint density at radius 2 is 1.94 bits per heavy atom. The number of imide groups is 1. The Morgan fingerprint density at radius 1 is 1.17 bits per heavy atom. The summed E-state index contributed by atoms with van der Waals surface area (Å²) in [6, 6.07) is 6.89. The summed E-state index contributed by atoms with van der Waals surface area (Å²) >= 11 is 3.40. The van der Waals surface area contributed by atoms with Gasteiger partial charge in [0.25, 0.3) is 5.91 Å². The van der Waals surface area contributed by atoms with Crippen molar-refractivity contribution < 1.29 is 9.59 Å². The fraction of sp³-hybridized carbons (Fsp3) is 0.385. The summed E-state index contributed by atoms with van der Waals surface area (Å²) in [5.74, 6) is -0.0911. The number of hydrogen-bond donors (Lipinski definition) is 0. The monoisotopic (exact) mass is 308 g/mol. The molecule has 0 aliphatic carbocycles. The number of amides is 3. The summed E-state index contributed by atoms with van der Waals surface area (Å²) in [5, 5.41) is 0. The third kappa shape index (κ3) is 1.65. The van der Waals surface area contributed by atoms with Crippen LogP contribution in [0.25, 0.3) is 0 Å². The number of urea groups is 1. The highest BCUT2D eigenvalue weighted by atomic mass is 79.9. The highest BCUT2D eigenvalue weighted by Crippen LogP contribution is 2.34. The number of hydrogen-bond acceptors (Lipinski definition) is 2. The van der Waals surface area contributed by atoms with Gasteiger partial charge in [-0.1, -0.05) is 12.1 Å². The lowest BCUT2D eigenvalue weighted by Gasteiger charge is -2.25. The number of anilines is 1. The third-order valence-electron chi connectivity index (χ3n) is 3.54. The first-order valence-electron chi connectivity index (χ1n) is 6.09. The minimum absolute atomic E-state index is 0.0911. The van der Waals surface area contributed by atoms with Crippen molar-refractivity contribution >= 4 is 33.6 Å². The van der Waals surface area contributed by atoms with Crippen LogP contribution in [-0.4, -0.2) is 29.4 Å². The molecular weight excluding hydrogens is 296 g/mol. The quantitative estimate of drug-likeness (QED) is 0.749. The van der Waals surface area contributed by atoms with Crippen molar-refractivity contribution in [3.8, 4) is 0 Å². The van der Waals surface area contributed by atoms with Crippen molar-refractivity contribution in [3.63, 3.8) is 0 Å². The number of halogens is 1. The molecule has 1 unspecified atom stereocenters. The lowest BCUT2D eigenvalue weighted by molar-refractivity contribution is -0.120. The number of carbonyl (C=O) groups excluding carboxylic acids is 2. The second-order valence-corrected chi connectivity index (χ2v) is 5.47. The smallest absolute Gasteiger partial charge is 0.312 e. The average Bonchev–Trinajstić information content (AvgIpc) is 2.64. The van der Waals surface area contributed by atoms with E-state index in [4.69, 9.17) is 0 Å². The van der Waals surface area contributed by atoms with Crippen molar-refractivity contribution in [2.75, 3.05) is 11.4 Å². The maximum absolute atomic E-state index is 12.3. The van der Waals surface area contributed by atoms with Crippen molar-refractivity contribution in [3.05, 3.63) is 28.7 Å². The molecule has 0 aromatic heterocycles. The molecule has 1 aromatic rings. The summed E-state index contributed by atoms with van der Waals surface area (Å²) in [5.41, 5.74) is 0.641.